The highest BCUT2D eigenvalue weighted by Gasteiger charge is 2.31. The van der Waals surface area contributed by atoms with Gasteiger partial charge in [0.05, 0.1) is 18.5 Å². The number of hydrogen-bond donors (Lipinski definition) is 1. The van der Waals surface area contributed by atoms with E-state index in [0.29, 0.717) is 47.9 Å². The monoisotopic (exact) mass is 497 g/mol. The smallest absolute Gasteiger partial charge is 0.266 e. The summed E-state index contributed by atoms with van der Waals surface area (Å²) in [4.78, 5) is 33.9. The van der Waals surface area contributed by atoms with E-state index in [4.69, 9.17) is 9.72 Å². The molecule has 4 aromatic rings. The average molecular weight is 498 g/mol. The number of benzene rings is 3. The van der Waals surface area contributed by atoms with Gasteiger partial charge in [0.15, 0.2) is 0 Å². The van der Waals surface area contributed by atoms with Crippen LogP contribution in [-0.2, 0) is 4.79 Å². The number of carbonyl (C=O) groups is 2. The highest BCUT2D eigenvalue weighted by Crippen LogP contribution is 2.35. The Balaban J connectivity index is 1.32. The molecule has 0 aliphatic carbocycles. The van der Waals surface area contributed by atoms with Gasteiger partial charge in [0.25, 0.3) is 5.91 Å². The minimum atomic E-state index is -0.158. The molecule has 7 heteroatoms. The Hall–Kier alpha value is -3.97. The lowest BCUT2D eigenvalue weighted by molar-refractivity contribution is -0.121. The number of para-hydroxylation sites is 2. The van der Waals surface area contributed by atoms with Gasteiger partial charge in [-0.25, -0.2) is 4.98 Å². The predicted octanol–water partition coefficient (Wildman–Crippen LogP) is 5.98. The molecule has 0 saturated carbocycles. The number of methoxy groups -OCH3 is 1. The van der Waals surface area contributed by atoms with Gasteiger partial charge in [-0.3, -0.25) is 9.59 Å². The summed E-state index contributed by atoms with van der Waals surface area (Å²) in [5.41, 5.74) is 3.28. The number of nitrogens with zero attached hydrogens (tertiary/aromatic N) is 2. The first-order chi connectivity index (χ1) is 17.6. The molecule has 0 bridgehead atoms. The Morgan fingerprint density at radius 1 is 0.889 bits per heavy atom. The molecular weight excluding hydrogens is 470 g/mol. The molecule has 1 aliphatic heterocycles. The van der Waals surface area contributed by atoms with E-state index in [9.17, 15) is 9.59 Å². The van der Waals surface area contributed by atoms with Gasteiger partial charge in [0.2, 0.25) is 5.91 Å². The van der Waals surface area contributed by atoms with E-state index in [1.165, 1.54) is 11.3 Å². The molecule has 36 heavy (non-hydrogen) atoms. The maximum absolute atomic E-state index is 13.7. The molecule has 5 rings (SSSR count). The highest BCUT2D eigenvalue weighted by atomic mass is 32.1. The predicted molar refractivity (Wildman–Crippen MR) is 143 cm³/mol. The first-order valence-corrected chi connectivity index (χ1v) is 12.8. The van der Waals surface area contributed by atoms with Crippen molar-refractivity contribution in [3.63, 3.8) is 0 Å². The van der Waals surface area contributed by atoms with Gasteiger partial charge >= 0.3 is 0 Å². The van der Waals surface area contributed by atoms with Gasteiger partial charge in [-0.2, -0.15) is 0 Å². The van der Waals surface area contributed by atoms with Crippen LogP contribution in [0.4, 0.5) is 5.69 Å². The number of anilines is 1. The largest absolute Gasteiger partial charge is 0.495 e. The number of piperidine rings is 1. The molecule has 2 heterocycles. The number of hydrogen-bond acceptors (Lipinski definition) is 5. The third kappa shape index (κ3) is 5.02. The summed E-state index contributed by atoms with van der Waals surface area (Å²) in [5.74, 6) is 0.401. The second kappa shape index (κ2) is 10.7. The zero-order chi connectivity index (χ0) is 24.9. The van der Waals surface area contributed by atoms with Crippen LogP contribution < -0.4 is 10.1 Å². The van der Waals surface area contributed by atoms with E-state index in [-0.39, 0.29) is 17.7 Å². The SMILES string of the molecule is COc1ccccc1NC(=O)C1CCN(C(=O)c2sc(-c3ccccc3)nc2-c2ccccc2)CC1. The van der Waals surface area contributed by atoms with Crippen molar-refractivity contribution in [2.24, 2.45) is 5.92 Å². The molecular formula is C29H27N3O3S. The summed E-state index contributed by atoms with van der Waals surface area (Å²) in [6.07, 6.45) is 1.22. The minimum absolute atomic E-state index is 0.0304. The normalized spacial score (nSPS) is 13.9. The number of carbonyl (C=O) groups excluding carboxylic acids is 2. The Labute approximate surface area is 214 Å². The van der Waals surface area contributed by atoms with Gasteiger partial charge in [0, 0.05) is 30.1 Å². The third-order valence-corrected chi connectivity index (χ3v) is 7.50. The molecule has 0 atom stereocenters. The summed E-state index contributed by atoms with van der Waals surface area (Å²) < 4.78 is 5.34. The number of rotatable bonds is 6. The molecule has 182 valence electrons. The van der Waals surface area contributed by atoms with Gasteiger partial charge < -0.3 is 15.0 Å². The Morgan fingerprint density at radius 2 is 1.50 bits per heavy atom. The van der Waals surface area contributed by atoms with Crippen molar-refractivity contribution in [3.8, 4) is 27.6 Å². The highest BCUT2D eigenvalue weighted by molar-refractivity contribution is 7.17. The van der Waals surface area contributed by atoms with Crippen molar-refractivity contribution >= 4 is 28.8 Å². The maximum atomic E-state index is 13.7. The van der Waals surface area contributed by atoms with Crippen LogP contribution in [0.5, 0.6) is 5.75 Å². The van der Waals surface area contributed by atoms with Crippen molar-refractivity contribution in [2.75, 3.05) is 25.5 Å². The van der Waals surface area contributed by atoms with E-state index >= 15 is 0 Å². The molecule has 3 aromatic carbocycles. The van der Waals surface area contributed by atoms with Crippen LogP contribution in [0, 0.1) is 5.92 Å². The fourth-order valence-electron chi connectivity index (χ4n) is 4.43. The second-order valence-electron chi connectivity index (χ2n) is 8.68. The summed E-state index contributed by atoms with van der Waals surface area (Å²) in [7, 11) is 1.58. The molecule has 0 unspecified atom stereocenters. The zero-order valence-corrected chi connectivity index (χ0v) is 20.8. The topological polar surface area (TPSA) is 71.5 Å². The van der Waals surface area contributed by atoms with Crippen molar-refractivity contribution < 1.29 is 14.3 Å². The van der Waals surface area contributed by atoms with Crippen molar-refractivity contribution in [1.29, 1.82) is 0 Å². The van der Waals surface area contributed by atoms with Crippen LogP contribution in [0.25, 0.3) is 21.8 Å². The average Bonchev–Trinajstić information content (AvgIpc) is 3.40. The molecule has 1 saturated heterocycles. The number of amides is 2. The summed E-state index contributed by atoms with van der Waals surface area (Å²) in [6.45, 7) is 1.05. The minimum Gasteiger partial charge on any atom is -0.495 e. The fraction of sp³-hybridized carbons (Fsp3) is 0.207. The zero-order valence-electron chi connectivity index (χ0n) is 20.0. The van der Waals surface area contributed by atoms with E-state index < -0.39 is 0 Å². The van der Waals surface area contributed by atoms with E-state index in [0.717, 1.165) is 16.1 Å². The fourth-order valence-corrected chi connectivity index (χ4v) is 5.49. The molecule has 1 aromatic heterocycles. The van der Waals surface area contributed by atoms with E-state index in [1.807, 2.05) is 89.8 Å². The third-order valence-electron chi connectivity index (χ3n) is 6.41. The van der Waals surface area contributed by atoms with Crippen molar-refractivity contribution in [2.45, 2.75) is 12.8 Å². The number of nitrogens with one attached hydrogen (secondary N) is 1. The Bertz CT molecular complexity index is 1350. The van der Waals surface area contributed by atoms with Gasteiger partial charge in [0.1, 0.15) is 15.6 Å². The number of likely N-dealkylation sites (tertiary alicyclic amines) is 1. The van der Waals surface area contributed by atoms with E-state index in [1.54, 1.807) is 7.11 Å². The van der Waals surface area contributed by atoms with E-state index in [2.05, 4.69) is 5.32 Å². The van der Waals surface area contributed by atoms with Crippen LogP contribution in [-0.4, -0.2) is 41.9 Å². The van der Waals surface area contributed by atoms with Crippen molar-refractivity contribution in [3.05, 3.63) is 89.8 Å². The van der Waals surface area contributed by atoms with Gasteiger partial charge in [-0.05, 0) is 25.0 Å². The van der Waals surface area contributed by atoms with Crippen LogP contribution in [0.3, 0.4) is 0 Å². The molecule has 0 spiro atoms. The number of thiazole rings is 1. The standard InChI is InChI=1S/C29H27N3O3S/c1-35-24-15-9-8-14-23(24)30-27(33)21-16-18-32(19-17-21)29(34)26-25(20-10-4-2-5-11-20)31-28(36-26)22-12-6-3-7-13-22/h2-15,21H,16-19H2,1H3,(H,30,33). The molecule has 1 fully saturated rings. The molecule has 2 amide bonds. The molecule has 0 radical (unpaired) electrons. The molecule has 1 N–H and O–H groups in total. The maximum Gasteiger partial charge on any atom is 0.266 e. The quantitative estimate of drug-likeness (QED) is 0.356. The number of aromatic nitrogens is 1. The van der Waals surface area contributed by atoms with Crippen LogP contribution >= 0.6 is 11.3 Å². The second-order valence-corrected chi connectivity index (χ2v) is 9.68. The summed E-state index contributed by atoms with van der Waals surface area (Å²) in [5, 5.41) is 3.81. The first kappa shape index (κ1) is 23.8. The molecule has 6 nitrogen and oxygen atoms in total. The van der Waals surface area contributed by atoms with Crippen LogP contribution in [0.1, 0.15) is 22.5 Å². The number of ether oxygens (including phenoxy) is 1. The Morgan fingerprint density at radius 3 is 2.17 bits per heavy atom. The lowest BCUT2D eigenvalue weighted by Gasteiger charge is -2.31. The Kier molecular flexibility index (Phi) is 7.09. The van der Waals surface area contributed by atoms with Crippen LogP contribution in [0.15, 0.2) is 84.9 Å². The van der Waals surface area contributed by atoms with Gasteiger partial charge in [-0.1, -0.05) is 72.8 Å². The lowest BCUT2D eigenvalue weighted by Crippen LogP contribution is -2.41. The first-order valence-electron chi connectivity index (χ1n) is 12.0. The molecule has 1 aliphatic rings. The summed E-state index contributed by atoms with van der Waals surface area (Å²) in [6, 6.07) is 27.1. The lowest BCUT2D eigenvalue weighted by atomic mass is 9.95. The van der Waals surface area contributed by atoms with Crippen molar-refractivity contribution in [1.82, 2.24) is 9.88 Å². The summed E-state index contributed by atoms with van der Waals surface area (Å²) >= 11 is 1.43. The van der Waals surface area contributed by atoms with Crippen LogP contribution in [0.2, 0.25) is 0 Å². The van der Waals surface area contributed by atoms with Gasteiger partial charge in [-0.15, -0.1) is 11.3 Å².